The molecule has 0 bridgehead atoms. The number of hydrogen-bond donors (Lipinski definition) is 0. The number of carbonyl (C=O) groups excluding carboxylic acids is 1. The molecule has 1 aliphatic rings. The number of amides is 1. The van der Waals surface area contributed by atoms with E-state index < -0.39 is 10.0 Å². The summed E-state index contributed by atoms with van der Waals surface area (Å²) < 4.78 is 28.0. The number of aryl methyl sites for hydroxylation is 3. The summed E-state index contributed by atoms with van der Waals surface area (Å²) in [5.41, 5.74) is 3.64. The zero-order chi connectivity index (χ0) is 21.2. The summed E-state index contributed by atoms with van der Waals surface area (Å²) in [6.07, 6.45) is 4.52. The molecule has 0 spiro atoms. The summed E-state index contributed by atoms with van der Waals surface area (Å²) in [5.74, 6) is -0.0740. The molecule has 1 aliphatic heterocycles. The first-order valence-electron chi connectivity index (χ1n) is 9.92. The lowest BCUT2D eigenvalue weighted by atomic mass is 9.96. The van der Waals surface area contributed by atoms with Crippen LogP contribution in [0.25, 0.3) is 0 Å². The second-order valence-electron chi connectivity index (χ2n) is 7.96. The SMILES string of the molecule is Cc1cc(C)c(S(=O)(=O)N2CCC(C(=O)N(C)Cc3ccncc3)CC2)c(C)c1. The molecular weight excluding hydrogens is 386 g/mol. The van der Waals surface area contributed by atoms with Crippen LogP contribution in [0.5, 0.6) is 0 Å². The Morgan fingerprint density at radius 2 is 1.66 bits per heavy atom. The first kappa shape index (κ1) is 21.5. The number of pyridine rings is 1. The topological polar surface area (TPSA) is 70.6 Å². The number of hydrogen-bond acceptors (Lipinski definition) is 4. The van der Waals surface area contributed by atoms with Gasteiger partial charge in [0, 0.05) is 45.0 Å². The predicted molar refractivity (Wildman–Crippen MR) is 113 cm³/mol. The van der Waals surface area contributed by atoms with Crippen LogP contribution in [0, 0.1) is 26.7 Å². The van der Waals surface area contributed by atoms with Crippen molar-refractivity contribution >= 4 is 15.9 Å². The van der Waals surface area contributed by atoms with E-state index in [1.54, 1.807) is 24.3 Å². The summed E-state index contributed by atoms with van der Waals surface area (Å²) in [7, 11) is -1.76. The molecule has 1 aromatic carbocycles. The lowest BCUT2D eigenvalue weighted by Gasteiger charge is -2.33. The highest BCUT2D eigenvalue weighted by molar-refractivity contribution is 7.89. The minimum Gasteiger partial charge on any atom is -0.341 e. The van der Waals surface area contributed by atoms with E-state index in [-0.39, 0.29) is 11.8 Å². The van der Waals surface area contributed by atoms with Crippen molar-refractivity contribution in [1.82, 2.24) is 14.2 Å². The van der Waals surface area contributed by atoms with E-state index in [1.807, 2.05) is 45.0 Å². The molecule has 0 atom stereocenters. The summed E-state index contributed by atoms with van der Waals surface area (Å²) in [4.78, 5) is 18.9. The molecule has 2 heterocycles. The van der Waals surface area contributed by atoms with Gasteiger partial charge in [-0.15, -0.1) is 0 Å². The van der Waals surface area contributed by atoms with Crippen molar-refractivity contribution < 1.29 is 13.2 Å². The van der Waals surface area contributed by atoms with Gasteiger partial charge < -0.3 is 4.90 Å². The highest BCUT2D eigenvalue weighted by atomic mass is 32.2. The second-order valence-corrected chi connectivity index (χ2v) is 9.83. The molecule has 1 amide bonds. The Balaban J connectivity index is 1.66. The fraction of sp³-hybridized carbons (Fsp3) is 0.455. The van der Waals surface area contributed by atoms with Crippen LogP contribution in [-0.2, 0) is 21.4 Å². The lowest BCUT2D eigenvalue weighted by molar-refractivity contribution is -0.135. The molecule has 0 radical (unpaired) electrons. The Morgan fingerprint density at radius 1 is 1.10 bits per heavy atom. The maximum atomic E-state index is 13.2. The van der Waals surface area contributed by atoms with Gasteiger partial charge in [-0.25, -0.2) is 8.42 Å². The third-order valence-electron chi connectivity index (χ3n) is 5.55. The molecule has 1 saturated heterocycles. The smallest absolute Gasteiger partial charge is 0.243 e. The molecule has 1 fully saturated rings. The van der Waals surface area contributed by atoms with Gasteiger partial charge in [0.1, 0.15) is 0 Å². The van der Waals surface area contributed by atoms with Crippen molar-refractivity contribution in [3.05, 3.63) is 58.9 Å². The first-order valence-corrected chi connectivity index (χ1v) is 11.4. The molecule has 156 valence electrons. The van der Waals surface area contributed by atoms with Crippen LogP contribution in [0.1, 0.15) is 35.1 Å². The van der Waals surface area contributed by atoms with Gasteiger partial charge in [0.15, 0.2) is 0 Å². The van der Waals surface area contributed by atoms with Crippen LogP contribution in [0.4, 0.5) is 0 Å². The number of rotatable bonds is 5. The highest BCUT2D eigenvalue weighted by Crippen LogP contribution is 2.29. The molecule has 6 nitrogen and oxygen atoms in total. The number of benzene rings is 1. The highest BCUT2D eigenvalue weighted by Gasteiger charge is 2.34. The van der Waals surface area contributed by atoms with Crippen LogP contribution in [0.2, 0.25) is 0 Å². The molecular formula is C22H29N3O3S. The molecule has 1 aromatic heterocycles. The average molecular weight is 416 g/mol. The molecule has 29 heavy (non-hydrogen) atoms. The second kappa shape index (κ2) is 8.63. The largest absolute Gasteiger partial charge is 0.341 e. The van der Waals surface area contributed by atoms with Crippen molar-refractivity contribution in [2.75, 3.05) is 20.1 Å². The van der Waals surface area contributed by atoms with Gasteiger partial charge in [-0.05, 0) is 62.4 Å². The van der Waals surface area contributed by atoms with Crippen LogP contribution in [0.15, 0.2) is 41.6 Å². The van der Waals surface area contributed by atoms with Gasteiger partial charge in [-0.1, -0.05) is 17.7 Å². The average Bonchev–Trinajstić information content (AvgIpc) is 2.67. The number of aromatic nitrogens is 1. The zero-order valence-corrected chi connectivity index (χ0v) is 18.4. The molecule has 0 N–H and O–H groups in total. The maximum Gasteiger partial charge on any atom is 0.243 e. The van der Waals surface area contributed by atoms with E-state index >= 15 is 0 Å². The van der Waals surface area contributed by atoms with Crippen LogP contribution < -0.4 is 0 Å². The van der Waals surface area contributed by atoms with Crippen LogP contribution in [0.3, 0.4) is 0 Å². The third kappa shape index (κ3) is 4.67. The molecule has 3 rings (SSSR count). The summed E-state index contributed by atoms with van der Waals surface area (Å²) in [5, 5.41) is 0. The molecule has 7 heteroatoms. The Kier molecular flexibility index (Phi) is 6.39. The van der Waals surface area contributed by atoms with Gasteiger partial charge in [-0.3, -0.25) is 9.78 Å². The van der Waals surface area contributed by atoms with E-state index in [0.717, 1.165) is 22.3 Å². The Bertz CT molecular complexity index is 959. The van der Waals surface area contributed by atoms with E-state index in [2.05, 4.69) is 4.98 Å². The van der Waals surface area contributed by atoms with Gasteiger partial charge in [0.25, 0.3) is 0 Å². The normalized spacial score (nSPS) is 16.0. The summed E-state index contributed by atoms with van der Waals surface area (Å²) in [6, 6.07) is 7.60. The molecule has 0 aliphatic carbocycles. The van der Waals surface area contributed by atoms with E-state index in [0.29, 0.717) is 37.4 Å². The Hall–Kier alpha value is -2.25. The summed E-state index contributed by atoms with van der Waals surface area (Å²) >= 11 is 0. The minimum absolute atomic E-state index is 0.0709. The number of carbonyl (C=O) groups is 1. The van der Waals surface area contributed by atoms with Crippen molar-refractivity contribution in [3.63, 3.8) is 0 Å². The van der Waals surface area contributed by atoms with E-state index in [1.165, 1.54) is 4.31 Å². The van der Waals surface area contributed by atoms with Crippen LogP contribution in [-0.4, -0.2) is 48.7 Å². The monoisotopic (exact) mass is 415 g/mol. The van der Waals surface area contributed by atoms with Crippen molar-refractivity contribution in [1.29, 1.82) is 0 Å². The Morgan fingerprint density at radius 3 is 2.21 bits per heavy atom. The number of sulfonamides is 1. The minimum atomic E-state index is -3.56. The van der Waals surface area contributed by atoms with Crippen molar-refractivity contribution in [2.24, 2.45) is 5.92 Å². The zero-order valence-electron chi connectivity index (χ0n) is 17.6. The number of piperidine rings is 1. The fourth-order valence-electron chi connectivity index (χ4n) is 4.20. The lowest BCUT2D eigenvalue weighted by Crippen LogP contribution is -2.43. The van der Waals surface area contributed by atoms with E-state index in [9.17, 15) is 13.2 Å². The maximum absolute atomic E-state index is 13.2. The van der Waals surface area contributed by atoms with Gasteiger partial charge in [-0.2, -0.15) is 4.31 Å². The fourth-order valence-corrected chi connectivity index (χ4v) is 6.08. The molecule has 0 unspecified atom stereocenters. The standard InChI is InChI=1S/C22H29N3O3S/c1-16-13-17(2)21(18(3)14-16)29(27,28)25-11-7-20(8-12-25)22(26)24(4)15-19-5-9-23-10-6-19/h5-6,9-10,13-14,20H,7-8,11-12,15H2,1-4H3. The van der Waals surface area contributed by atoms with Gasteiger partial charge in [0.05, 0.1) is 4.90 Å². The van der Waals surface area contributed by atoms with Crippen LogP contribution >= 0.6 is 0 Å². The van der Waals surface area contributed by atoms with Gasteiger partial charge >= 0.3 is 0 Å². The Labute approximate surface area is 173 Å². The molecule has 2 aromatic rings. The quantitative estimate of drug-likeness (QED) is 0.753. The van der Waals surface area contributed by atoms with Crippen molar-refractivity contribution in [2.45, 2.75) is 45.1 Å². The van der Waals surface area contributed by atoms with Gasteiger partial charge in [0.2, 0.25) is 15.9 Å². The molecule has 0 saturated carbocycles. The number of nitrogens with zero attached hydrogens (tertiary/aromatic N) is 3. The third-order valence-corrected chi connectivity index (χ3v) is 7.76. The predicted octanol–water partition coefficient (Wildman–Crippen LogP) is 3.07. The summed E-state index contributed by atoms with van der Waals surface area (Å²) in [6.45, 7) is 6.93. The van der Waals surface area contributed by atoms with E-state index in [4.69, 9.17) is 0 Å². The van der Waals surface area contributed by atoms with Crippen molar-refractivity contribution in [3.8, 4) is 0 Å². The first-order chi connectivity index (χ1) is 13.7.